The number of nitrogens with zero attached hydrogens (tertiary/aromatic N) is 4. The van der Waals surface area contributed by atoms with Gasteiger partial charge in [-0.1, -0.05) is 0 Å². The van der Waals surface area contributed by atoms with E-state index in [4.69, 9.17) is 0 Å². The first-order valence-electron chi connectivity index (χ1n) is 9.12. The maximum Gasteiger partial charge on any atom is 0.228 e. The SMILES string of the molecule is O=C([C@H]1CC(=O)N(C2CC2)C1)N1CCN(CCn2cccc2)CC1. The lowest BCUT2D eigenvalue weighted by molar-refractivity contribution is -0.137. The number of carbonyl (C=O) groups is 2. The van der Waals surface area contributed by atoms with Crippen LogP contribution in [0.5, 0.6) is 0 Å². The van der Waals surface area contributed by atoms with Crippen LogP contribution in [-0.2, 0) is 16.1 Å². The Bertz CT molecular complexity index is 588. The minimum absolute atomic E-state index is 0.107. The molecule has 130 valence electrons. The molecule has 1 atom stereocenters. The minimum Gasteiger partial charge on any atom is -0.353 e. The number of hydrogen-bond acceptors (Lipinski definition) is 3. The first-order valence-corrected chi connectivity index (χ1v) is 9.12. The topological polar surface area (TPSA) is 48.8 Å². The van der Waals surface area contributed by atoms with Gasteiger partial charge in [0.05, 0.1) is 5.92 Å². The average Bonchev–Trinajstić information content (AvgIpc) is 3.16. The van der Waals surface area contributed by atoms with E-state index >= 15 is 0 Å². The lowest BCUT2D eigenvalue weighted by atomic mass is 10.1. The van der Waals surface area contributed by atoms with Gasteiger partial charge in [0.2, 0.25) is 11.8 Å². The fourth-order valence-corrected chi connectivity index (χ4v) is 3.86. The van der Waals surface area contributed by atoms with Crippen molar-refractivity contribution in [3.63, 3.8) is 0 Å². The zero-order chi connectivity index (χ0) is 16.5. The molecule has 3 fully saturated rings. The molecule has 0 radical (unpaired) electrons. The molecule has 4 rings (SSSR count). The van der Waals surface area contributed by atoms with Crippen molar-refractivity contribution in [1.82, 2.24) is 19.3 Å². The Morgan fingerprint density at radius 1 is 1.04 bits per heavy atom. The van der Waals surface area contributed by atoms with Gasteiger partial charge < -0.3 is 14.4 Å². The maximum absolute atomic E-state index is 12.7. The van der Waals surface area contributed by atoms with Gasteiger partial charge in [-0.15, -0.1) is 0 Å². The molecule has 0 unspecified atom stereocenters. The molecule has 6 nitrogen and oxygen atoms in total. The Hall–Kier alpha value is -1.82. The van der Waals surface area contributed by atoms with Crippen LogP contribution in [0.1, 0.15) is 19.3 Å². The molecule has 3 aliphatic rings. The second-order valence-corrected chi connectivity index (χ2v) is 7.27. The standard InChI is InChI=1S/C18H26N4O2/c23-17-13-15(14-22(17)16-3-4-16)18(24)21-11-9-20(10-12-21)8-7-19-5-1-2-6-19/h1-2,5-6,15-16H,3-4,7-14H2/t15-/m0/s1. The molecular formula is C18H26N4O2. The summed E-state index contributed by atoms with van der Waals surface area (Å²) in [7, 11) is 0. The quantitative estimate of drug-likeness (QED) is 0.796. The number of rotatable bonds is 5. The van der Waals surface area contributed by atoms with Gasteiger partial charge in [0.1, 0.15) is 0 Å². The molecule has 6 heteroatoms. The Balaban J connectivity index is 1.23. The smallest absolute Gasteiger partial charge is 0.228 e. The normalized spacial score (nSPS) is 25.5. The highest BCUT2D eigenvalue weighted by Crippen LogP contribution is 2.33. The minimum atomic E-state index is -0.107. The predicted octanol–water partition coefficient (Wildman–Crippen LogP) is 0.643. The summed E-state index contributed by atoms with van der Waals surface area (Å²) in [5.41, 5.74) is 0. The maximum atomic E-state index is 12.7. The fourth-order valence-electron chi connectivity index (χ4n) is 3.86. The summed E-state index contributed by atoms with van der Waals surface area (Å²) in [6.45, 7) is 6.11. The Kier molecular flexibility index (Phi) is 4.31. The van der Waals surface area contributed by atoms with Crippen LogP contribution in [-0.4, -0.2) is 76.4 Å². The Labute approximate surface area is 143 Å². The summed E-state index contributed by atoms with van der Waals surface area (Å²) in [5.74, 6) is 0.266. The van der Waals surface area contributed by atoms with Gasteiger partial charge in [-0.2, -0.15) is 0 Å². The third-order valence-corrected chi connectivity index (χ3v) is 5.52. The van der Waals surface area contributed by atoms with Gasteiger partial charge in [0.15, 0.2) is 0 Å². The first kappa shape index (κ1) is 15.7. The number of amides is 2. The monoisotopic (exact) mass is 330 g/mol. The molecule has 0 bridgehead atoms. The van der Waals surface area contributed by atoms with Crippen molar-refractivity contribution in [1.29, 1.82) is 0 Å². The summed E-state index contributed by atoms with van der Waals surface area (Å²) < 4.78 is 2.19. The third kappa shape index (κ3) is 3.34. The molecule has 0 aromatic carbocycles. The van der Waals surface area contributed by atoms with E-state index < -0.39 is 0 Å². The molecule has 2 amide bonds. The highest BCUT2D eigenvalue weighted by Gasteiger charge is 2.43. The summed E-state index contributed by atoms with van der Waals surface area (Å²) >= 11 is 0. The molecule has 2 aliphatic heterocycles. The van der Waals surface area contributed by atoms with E-state index in [1.807, 2.05) is 21.9 Å². The average molecular weight is 330 g/mol. The molecule has 2 saturated heterocycles. The van der Waals surface area contributed by atoms with Gasteiger partial charge in [-0.05, 0) is 25.0 Å². The van der Waals surface area contributed by atoms with Gasteiger partial charge in [-0.3, -0.25) is 14.5 Å². The lowest BCUT2D eigenvalue weighted by Gasteiger charge is -2.36. The van der Waals surface area contributed by atoms with E-state index in [0.717, 1.165) is 52.1 Å². The van der Waals surface area contributed by atoms with Gasteiger partial charge in [0, 0.05) is 70.7 Å². The van der Waals surface area contributed by atoms with Crippen molar-refractivity contribution in [2.45, 2.75) is 31.8 Å². The largest absolute Gasteiger partial charge is 0.353 e. The molecule has 1 aromatic heterocycles. The number of carbonyl (C=O) groups excluding carboxylic acids is 2. The van der Waals surface area contributed by atoms with E-state index in [0.29, 0.717) is 19.0 Å². The third-order valence-electron chi connectivity index (χ3n) is 5.52. The zero-order valence-electron chi connectivity index (χ0n) is 14.1. The Morgan fingerprint density at radius 2 is 1.75 bits per heavy atom. The fraction of sp³-hybridized carbons (Fsp3) is 0.667. The van der Waals surface area contributed by atoms with Crippen molar-refractivity contribution in [3.8, 4) is 0 Å². The van der Waals surface area contributed by atoms with Crippen LogP contribution in [0.4, 0.5) is 0 Å². The van der Waals surface area contributed by atoms with Crippen LogP contribution in [0.3, 0.4) is 0 Å². The number of hydrogen-bond donors (Lipinski definition) is 0. The molecular weight excluding hydrogens is 304 g/mol. The van der Waals surface area contributed by atoms with Gasteiger partial charge in [-0.25, -0.2) is 0 Å². The molecule has 1 saturated carbocycles. The molecule has 3 heterocycles. The van der Waals surface area contributed by atoms with E-state index in [-0.39, 0.29) is 17.7 Å². The van der Waals surface area contributed by atoms with Crippen LogP contribution < -0.4 is 0 Å². The number of aromatic nitrogens is 1. The van der Waals surface area contributed by atoms with Crippen molar-refractivity contribution in [2.75, 3.05) is 39.3 Å². The van der Waals surface area contributed by atoms with Crippen LogP contribution in [0, 0.1) is 5.92 Å². The number of likely N-dealkylation sites (tertiary alicyclic amines) is 1. The van der Waals surface area contributed by atoms with Crippen molar-refractivity contribution < 1.29 is 9.59 Å². The second-order valence-electron chi connectivity index (χ2n) is 7.27. The van der Waals surface area contributed by atoms with Crippen LogP contribution in [0.15, 0.2) is 24.5 Å². The number of piperazine rings is 1. The van der Waals surface area contributed by atoms with Gasteiger partial charge >= 0.3 is 0 Å². The van der Waals surface area contributed by atoms with E-state index in [1.54, 1.807) is 0 Å². The summed E-state index contributed by atoms with van der Waals surface area (Å²) in [5, 5.41) is 0. The van der Waals surface area contributed by atoms with E-state index in [2.05, 4.69) is 21.9 Å². The lowest BCUT2D eigenvalue weighted by Crippen LogP contribution is -2.51. The van der Waals surface area contributed by atoms with E-state index in [1.165, 1.54) is 0 Å². The van der Waals surface area contributed by atoms with E-state index in [9.17, 15) is 9.59 Å². The summed E-state index contributed by atoms with van der Waals surface area (Å²) in [4.78, 5) is 31.1. The van der Waals surface area contributed by atoms with Crippen LogP contribution in [0.25, 0.3) is 0 Å². The highest BCUT2D eigenvalue weighted by atomic mass is 16.2. The molecule has 1 aliphatic carbocycles. The zero-order valence-corrected chi connectivity index (χ0v) is 14.1. The molecule has 0 N–H and O–H groups in total. The predicted molar refractivity (Wildman–Crippen MR) is 90.3 cm³/mol. The van der Waals surface area contributed by atoms with Gasteiger partial charge in [0.25, 0.3) is 0 Å². The van der Waals surface area contributed by atoms with Crippen molar-refractivity contribution in [2.24, 2.45) is 5.92 Å². The molecule has 0 spiro atoms. The van der Waals surface area contributed by atoms with Crippen molar-refractivity contribution in [3.05, 3.63) is 24.5 Å². The second kappa shape index (κ2) is 6.59. The first-order chi connectivity index (χ1) is 11.7. The highest BCUT2D eigenvalue weighted by molar-refractivity contribution is 5.89. The van der Waals surface area contributed by atoms with Crippen molar-refractivity contribution >= 4 is 11.8 Å². The van der Waals surface area contributed by atoms with Crippen LogP contribution in [0.2, 0.25) is 0 Å². The molecule has 24 heavy (non-hydrogen) atoms. The molecule has 1 aromatic rings. The Morgan fingerprint density at radius 3 is 2.42 bits per heavy atom. The summed E-state index contributed by atoms with van der Waals surface area (Å²) in [6, 6.07) is 4.52. The summed E-state index contributed by atoms with van der Waals surface area (Å²) in [6.07, 6.45) is 6.83. The van der Waals surface area contributed by atoms with Crippen LogP contribution >= 0.6 is 0 Å².